The third kappa shape index (κ3) is 3.33. The summed E-state index contributed by atoms with van der Waals surface area (Å²) in [7, 11) is 0. The number of nitrogens with one attached hydrogen (secondary N) is 1. The van der Waals surface area contributed by atoms with Crippen LogP contribution in [0.1, 0.15) is 13.8 Å². The SMILES string of the molecule is CC1(C)CN(c2nc(NN)ncc2Br)CC(CO)O1. The van der Waals surface area contributed by atoms with Gasteiger partial charge in [0.15, 0.2) is 0 Å². The summed E-state index contributed by atoms with van der Waals surface area (Å²) in [6.45, 7) is 5.19. The Morgan fingerprint density at radius 2 is 2.42 bits per heavy atom. The molecular formula is C11H18BrN5O2. The first-order chi connectivity index (χ1) is 8.95. The van der Waals surface area contributed by atoms with E-state index < -0.39 is 0 Å². The summed E-state index contributed by atoms with van der Waals surface area (Å²) in [6.07, 6.45) is 1.41. The maximum Gasteiger partial charge on any atom is 0.239 e. The Labute approximate surface area is 120 Å². The van der Waals surface area contributed by atoms with Crippen LogP contribution in [0.5, 0.6) is 0 Å². The van der Waals surface area contributed by atoms with Crippen molar-refractivity contribution in [3.05, 3.63) is 10.7 Å². The van der Waals surface area contributed by atoms with Gasteiger partial charge in [0.1, 0.15) is 5.82 Å². The number of aromatic nitrogens is 2. The molecule has 1 aromatic heterocycles. The third-order valence-corrected chi connectivity index (χ3v) is 3.40. The Kier molecular flexibility index (Phi) is 4.24. The second-order valence-corrected chi connectivity index (χ2v) is 5.93. The summed E-state index contributed by atoms with van der Waals surface area (Å²) in [6, 6.07) is 0. The zero-order valence-corrected chi connectivity index (χ0v) is 12.5. The lowest BCUT2D eigenvalue weighted by molar-refractivity contribution is -0.101. The number of rotatable bonds is 3. The molecule has 106 valence electrons. The van der Waals surface area contributed by atoms with E-state index in [1.807, 2.05) is 13.8 Å². The number of nitrogens with two attached hydrogens (primary N) is 1. The first kappa shape index (κ1) is 14.4. The normalized spacial score (nSPS) is 22.4. The van der Waals surface area contributed by atoms with Crippen LogP contribution >= 0.6 is 15.9 Å². The molecule has 0 bridgehead atoms. The van der Waals surface area contributed by atoms with E-state index in [0.29, 0.717) is 19.0 Å². The van der Waals surface area contributed by atoms with Gasteiger partial charge >= 0.3 is 0 Å². The minimum Gasteiger partial charge on any atom is -0.394 e. The number of nitrogen functional groups attached to an aromatic ring is 1. The van der Waals surface area contributed by atoms with Crippen molar-refractivity contribution in [3.63, 3.8) is 0 Å². The summed E-state index contributed by atoms with van der Waals surface area (Å²) >= 11 is 3.44. The Hall–Kier alpha value is -0.960. The number of hydrogen-bond donors (Lipinski definition) is 3. The highest BCUT2D eigenvalue weighted by Gasteiger charge is 2.34. The van der Waals surface area contributed by atoms with Crippen molar-refractivity contribution in [2.75, 3.05) is 30.0 Å². The van der Waals surface area contributed by atoms with Crippen molar-refractivity contribution in [1.29, 1.82) is 0 Å². The van der Waals surface area contributed by atoms with Crippen LogP contribution < -0.4 is 16.2 Å². The number of hydrazine groups is 1. The molecule has 19 heavy (non-hydrogen) atoms. The number of morpholine rings is 1. The summed E-state index contributed by atoms with van der Waals surface area (Å²) in [4.78, 5) is 10.4. The lowest BCUT2D eigenvalue weighted by Gasteiger charge is -2.43. The third-order valence-electron chi connectivity index (χ3n) is 2.84. The van der Waals surface area contributed by atoms with E-state index in [1.165, 1.54) is 0 Å². The molecule has 1 aliphatic heterocycles. The second-order valence-electron chi connectivity index (χ2n) is 5.07. The molecule has 0 aliphatic carbocycles. The van der Waals surface area contributed by atoms with Crippen LogP contribution in [0.4, 0.5) is 11.8 Å². The van der Waals surface area contributed by atoms with E-state index in [4.69, 9.17) is 10.6 Å². The molecule has 1 atom stereocenters. The van der Waals surface area contributed by atoms with Crippen LogP contribution in [0.3, 0.4) is 0 Å². The molecule has 7 nitrogen and oxygen atoms in total. The molecule has 0 radical (unpaired) electrons. The van der Waals surface area contributed by atoms with E-state index in [9.17, 15) is 5.11 Å². The predicted octanol–water partition coefficient (Wildman–Crippen LogP) is 0.501. The second kappa shape index (κ2) is 5.58. The highest BCUT2D eigenvalue weighted by atomic mass is 79.9. The molecule has 1 saturated heterocycles. The lowest BCUT2D eigenvalue weighted by atomic mass is 10.1. The van der Waals surface area contributed by atoms with Crippen molar-refractivity contribution < 1.29 is 9.84 Å². The number of nitrogens with zero attached hydrogens (tertiary/aromatic N) is 3. The molecule has 8 heteroatoms. The fourth-order valence-electron chi connectivity index (χ4n) is 2.20. The van der Waals surface area contributed by atoms with Crippen molar-refractivity contribution in [3.8, 4) is 0 Å². The zero-order valence-electron chi connectivity index (χ0n) is 10.9. The average molecular weight is 332 g/mol. The molecule has 2 heterocycles. The molecule has 0 spiro atoms. The van der Waals surface area contributed by atoms with Crippen molar-refractivity contribution in [2.24, 2.45) is 5.84 Å². The molecule has 4 N–H and O–H groups in total. The van der Waals surface area contributed by atoms with Gasteiger partial charge in [-0.05, 0) is 29.8 Å². The predicted molar refractivity (Wildman–Crippen MR) is 75.8 cm³/mol. The highest BCUT2D eigenvalue weighted by Crippen LogP contribution is 2.30. The van der Waals surface area contributed by atoms with Crippen molar-refractivity contribution >= 4 is 27.7 Å². The number of aliphatic hydroxyl groups excluding tert-OH is 1. The largest absolute Gasteiger partial charge is 0.394 e. The van der Waals surface area contributed by atoms with Gasteiger partial charge in [-0.1, -0.05) is 0 Å². The van der Waals surface area contributed by atoms with Gasteiger partial charge in [-0.15, -0.1) is 0 Å². The molecule has 2 rings (SSSR count). The van der Waals surface area contributed by atoms with Crippen LogP contribution in [0.2, 0.25) is 0 Å². The smallest absolute Gasteiger partial charge is 0.239 e. The fraction of sp³-hybridized carbons (Fsp3) is 0.636. The molecule has 1 aliphatic rings. The Bertz CT molecular complexity index is 457. The fourth-order valence-corrected chi connectivity index (χ4v) is 2.64. The molecular weight excluding hydrogens is 314 g/mol. The number of hydrogen-bond acceptors (Lipinski definition) is 7. The number of halogens is 1. The highest BCUT2D eigenvalue weighted by molar-refractivity contribution is 9.10. The van der Waals surface area contributed by atoms with E-state index in [1.54, 1.807) is 6.20 Å². The van der Waals surface area contributed by atoms with Crippen molar-refractivity contribution in [1.82, 2.24) is 9.97 Å². The quantitative estimate of drug-likeness (QED) is 0.548. The first-order valence-electron chi connectivity index (χ1n) is 5.98. The molecule has 1 unspecified atom stereocenters. The van der Waals surface area contributed by atoms with Gasteiger partial charge in [-0.3, -0.25) is 5.43 Å². The standard InChI is InChI=1S/C11H18BrN5O2/c1-11(2)6-17(4-7(5-18)19-11)9-8(12)3-14-10(15-9)16-13/h3,7,18H,4-6,13H2,1-2H3,(H,14,15,16). The van der Waals surface area contributed by atoms with E-state index in [-0.39, 0.29) is 18.3 Å². The first-order valence-corrected chi connectivity index (χ1v) is 6.77. The van der Waals surface area contributed by atoms with Crippen LogP contribution in [0.15, 0.2) is 10.7 Å². The van der Waals surface area contributed by atoms with Crippen LogP contribution in [-0.4, -0.2) is 46.5 Å². The van der Waals surface area contributed by atoms with E-state index >= 15 is 0 Å². The summed E-state index contributed by atoms with van der Waals surface area (Å²) in [5, 5.41) is 9.33. The lowest BCUT2D eigenvalue weighted by Crippen LogP contribution is -2.54. The van der Waals surface area contributed by atoms with E-state index in [0.717, 1.165) is 10.3 Å². The van der Waals surface area contributed by atoms with Crippen molar-refractivity contribution in [2.45, 2.75) is 25.6 Å². The number of aliphatic hydroxyl groups is 1. The Morgan fingerprint density at radius 1 is 1.68 bits per heavy atom. The van der Waals surface area contributed by atoms with Gasteiger partial charge < -0.3 is 14.7 Å². The van der Waals surface area contributed by atoms with Crippen LogP contribution in [-0.2, 0) is 4.74 Å². The zero-order chi connectivity index (χ0) is 14.0. The van der Waals surface area contributed by atoms with Crippen LogP contribution in [0.25, 0.3) is 0 Å². The topological polar surface area (TPSA) is 96.5 Å². The Morgan fingerprint density at radius 3 is 3.05 bits per heavy atom. The average Bonchev–Trinajstić information content (AvgIpc) is 2.37. The minimum atomic E-state index is -0.355. The number of anilines is 2. The number of ether oxygens (including phenoxy) is 1. The summed E-state index contributed by atoms with van der Waals surface area (Å²) in [5.74, 6) is 6.42. The molecule has 1 fully saturated rings. The van der Waals surface area contributed by atoms with Gasteiger partial charge in [-0.2, -0.15) is 4.98 Å². The monoisotopic (exact) mass is 331 g/mol. The minimum absolute atomic E-state index is 0.0232. The maximum atomic E-state index is 9.33. The maximum absolute atomic E-state index is 9.33. The van der Waals surface area contributed by atoms with Gasteiger partial charge in [0, 0.05) is 19.3 Å². The van der Waals surface area contributed by atoms with Gasteiger partial charge in [0.2, 0.25) is 5.95 Å². The Balaban J connectivity index is 2.29. The molecule has 0 amide bonds. The summed E-state index contributed by atoms with van der Waals surface area (Å²) in [5.41, 5.74) is 2.07. The molecule has 0 saturated carbocycles. The van der Waals surface area contributed by atoms with Gasteiger partial charge in [-0.25, -0.2) is 10.8 Å². The van der Waals surface area contributed by atoms with E-state index in [2.05, 4.69) is 36.2 Å². The molecule has 1 aromatic rings. The van der Waals surface area contributed by atoms with Gasteiger partial charge in [0.05, 0.1) is 22.8 Å². The van der Waals surface area contributed by atoms with Gasteiger partial charge in [0.25, 0.3) is 0 Å². The molecule has 0 aromatic carbocycles. The van der Waals surface area contributed by atoms with Crippen LogP contribution in [0, 0.1) is 0 Å². The summed E-state index contributed by atoms with van der Waals surface area (Å²) < 4.78 is 6.56.